The molecule has 1 saturated heterocycles. The highest BCUT2D eigenvalue weighted by Crippen LogP contribution is 2.21. The molecular weight excluding hydrogens is 217 g/mol. The van der Waals surface area contributed by atoms with E-state index in [1.165, 1.54) is 31.4 Å². The lowest BCUT2D eigenvalue weighted by Gasteiger charge is -2.34. The first-order valence-corrected chi connectivity index (χ1v) is 6.34. The number of hydrogen-bond donors (Lipinski definition) is 1. The summed E-state index contributed by atoms with van der Waals surface area (Å²) in [5, 5.41) is 10.1. The van der Waals surface area contributed by atoms with E-state index in [1.807, 2.05) is 0 Å². The van der Waals surface area contributed by atoms with Crippen LogP contribution in [0.25, 0.3) is 0 Å². The molecule has 1 heterocycles. The molecule has 1 N–H and O–H groups in total. The van der Waals surface area contributed by atoms with Crippen molar-refractivity contribution in [3.05, 3.63) is 35.6 Å². The van der Waals surface area contributed by atoms with E-state index in [2.05, 4.69) is 11.8 Å². The zero-order valence-corrected chi connectivity index (χ0v) is 10.3. The molecule has 1 aliphatic rings. The molecule has 1 aliphatic heterocycles. The summed E-state index contributed by atoms with van der Waals surface area (Å²) in [6, 6.07) is 6.67. The summed E-state index contributed by atoms with van der Waals surface area (Å²) in [5.41, 5.74) is 0.796. The molecule has 2 rings (SSSR count). The molecule has 1 aromatic carbocycles. The first-order valence-electron chi connectivity index (χ1n) is 6.34. The van der Waals surface area contributed by atoms with E-state index in [-0.39, 0.29) is 5.82 Å². The lowest BCUT2D eigenvalue weighted by molar-refractivity contribution is 0.0732. The van der Waals surface area contributed by atoms with Crippen LogP contribution in [0.15, 0.2) is 24.3 Å². The molecule has 3 heteroatoms. The Morgan fingerprint density at radius 2 is 2.06 bits per heavy atom. The Morgan fingerprint density at radius 3 is 2.71 bits per heavy atom. The summed E-state index contributed by atoms with van der Waals surface area (Å²) < 4.78 is 12.8. The number of likely N-dealkylation sites (tertiary alicyclic amines) is 1. The van der Waals surface area contributed by atoms with Gasteiger partial charge in [-0.05, 0) is 44.0 Å². The third-order valence-corrected chi connectivity index (χ3v) is 3.60. The topological polar surface area (TPSA) is 23.5 Å². The van der Waals surface area contributed by atoms with Crippen LogP contribution in [0.4, 0.5) is 4.39 Å². The van der Waals surface area contributed by atoms with Crippen molar-refractivity contribution in [2.24, 2.45) is 0 Å². The third-order valence-electron chi connectivity index (χ3n) is 3.60. The molecule has 0 amide bonds. The number of β-amino-alcohol motifs (C(OH)–C–C–N with tert-alkyl or cyclic N) is 1. The fourth-order valence-corrected chi connectivity index (χ4v) is 2.44. The molecule has 2 nitrogen and oxygen atoms in total. The van der Waals surface area contributed by atoms with E-state index in [4.69, 9.17) is 0 Å². The maximum Gasteiger partial charge on any atom is 0.123 e. The van der Waals surface area contributed by atoms with Crippen LogP contribution in [-0.4, -0.2) is 29.1 Å². The smallest absolute Gasteiger partial charge is 0.123 e. The number of rotatable bonds is 3. The van der Waals surface area contributed by atoms with Crippen LogP contribution < -0.4 is 0 Å². The zero-order valence-electron chi connectivity index (χ0n) is 10.3. The van der Waals surface area contributed by atoms with Crippen LogP contribution in [0, 0.1) is 5.82 Å². The predicted octanol–water partition coefficient (Wildman–Crippen LogP) is 2.73. The van der Waals surface area contributed by atoms with E-state index in [1.54, 1.807) is 12.1 Å². The molecule has 0 saturated carbocycles. The van der Waals surface area contributed by atoms with Gasteiger partial charge in [-0.1, -0.05) is 18.6 Å². The largest absolute Gasteiger partial charge is 0.387 e. The van der Waals surface area contributed by atoms with Crippen LogP contribution >= 0.6 is 0 Å². The summed E-state index contributed by atoms with van der Waals surface area (Å²) in [6.45, 7) is 3.91. The average molecular weight is 237 g/mol. The molecule has 0 radical (unpaired) electrons. The van der Waals surface area contributed by atoms with Gasteiger partial charge in [0.05, 0.1) is 6.10 Å². The predicted molar refractivity (Wildman–Crippen MR) is 66.2 cm³/mol. The Labute approximate surface area is 102 Å². The summed E-state index contributed by atoms with van der Waals surface area (Å²) in [7, 11) is 0. The van der Waals surface area contributed by atoms with E-state index >= 15 is 0 Å². The molecule has 1 aromatic rings. The van der Waals surface area contributed by atoms with Gasteiger partial charge in [0.25, 0.3) is 0 Å². The maximum absolute atomic E-state index is 12.8. The molecule has 2 atom stereocenters. The van der Waals surface area contributed by atoms with Crippen molar-refractivity contribution >= 4 is 0 Å². The van der Waals surface area contributed by atoms with Crippen molar-refractivity contribution in [2.45, 2.75) is 38.3 Å². The first-order chi connectivity index (χ1) is 8.16. The monoisotopic (exact) mass is 237 g/mol. The molecule has 94 valence electrons. The minimum absolute atomic E-state index is 0.257. The number of piperidine rings is 1. The van der Waals surface area contributed by atoms with Crippen LogP contribution in [0.2, 0.25) is 0 Å². The van der Waals surface area contributed by atoms with Crippen molar-refractivity contribution < 1.29 is 9.50 Å². The van der Waals surface area contributed by atoms with Crippen molar-refractivity contribution in [1.82, 2.24) is 4.90 Å². The number of aliphatic hydroxyl groups is 1. The van der Waals surface area contributed by atoms with Gasteiger partial charge < -0.3 is 5.11 Å². The van der Waals surface area contributed by atoms with Gasteiger partial charge in [-0.3, -0.25) is 4.90 Å². The second-order valence-corrected chi connectivity index (χ2v) is 4.91. The van der Waals surface area contributed by atoms with Crippen molar-refractivity contribution in [3.63, 3.8) is 0 Å². The zero-order chi connectivity index (χ0) is 12.3. The summed E-state index contributed by atoms with van der Waals surface area (Å²) in [6.07, 6.45) is 3.18. The molecule has 0 aromatic heterocycles. The Hall–Kier alpha value is -0.930. The number of aliphatic hydroxyl groups excluding tert-OH is 1. The minimum atomic E-state index is -0.517. The fraction of sp³-hybridized carbons (Fsp3) is 0.571. The molecule has 17 heavy (non-hydrogen) atoms. The number of hydrogen-bond acceptors (Lipinski definition) is 2. The molecular formula is C14H20FNO. The molecule has 0 aliphatic carbocycles. The Morgan fingerprint density at radius 1 is 1.35 bits per heavy atom. The normalized spacial score (nSPS) is 23.6. The van der Waals surface area contributed by atoms with E-state index < -0.39 is 6.10 Å². The van der Waals surface area contributed by atoms with E-state index in [0.717, 1.165) is 12.1 Å². The molecule has 0 bridgehead atoms. The maximum atomic E-state index is 12.8. The van der Waals surface area contributed by atoms with Gasteiger partial charge in [0.1, 0.15) is 5.82 Å². The summed E-state index contributed by atoms with van der Waals surface area (Å²) >= 11 is 0. The lowest BCUT2D eigenvalue weighted by atomic mass is 10.0. The Bertz CT molecular complexity index is 352. The second kappa shape index (κ2) is 5.61. The first kappa shape index (κ1) is 12.5. The average Bonchev–Trinajstić information content (AvgIpc) is 2.33. The number of halogens is 1. The van der Waals surface area contributed by atoms with Gasteiger partial charge in [-0.25, -0.2) is 4.39 Å². The van der Waals surface area contributed by atoms with Crippen molar-refractivity contribution in [1.29, 1.82) is 0 Å². The van der Waals surface area contributed by atoms with Gasteiger partial charge in [0.15, 0.2) is 0 Å². The summed E-state index contributed by atoms with van der Waals surface area (Å²) in [4.78, 5) is 2.32. The van der Waals surface area contributed by atoms with Crippen LogP contribution in [-0.2, 0) is 0 Å². The lowest BCUT2D eigenvalue weighted by Crippen LogP contribution is -2.40. The van der Waals surface area contributed by atoms with Gasteiger partial charge in [-0.15, -0.1) is 0 Å². The Kier molecular flexibility index (Phi) is 4.13. The third kappa shape index (κ3) is 3.27. The number of benzene rings is 1. The van der Waals surface area contributed by atoms with Crippen molar-refractivity contribution in [3.8, 4) is 0 Å². The molecule has 1 fully saturated rings. The van der Waals surface area contributed by atoms with Crippen LogP contribution in [0.5, 0.6) is 0 Å². The minimum Gasteiger partial charge on any atom is -0.387 e. The highest BCUT2D eigenvalue weighted by molar-refractivity contribution is 5.18. The SMILES string of the molecule is C[C@H]1CCCCN1C[C@@H](O)c1ccc(F)cc1. The van der Waals surface area contributed by atoms with Crippen LogP contribution in [0.3, 0.4) is 0 Å². The summed E-state index contributed by atoms with van der Waals surface area (Å²) in [5.74, 6) is -0.257. The Balaban J connectivity index is 1.95. The quantitative estimate of drug-likeness (QED) is 0.873. The van der Waals surface area contributed by atoms with Crippen LogP contribution in [0.1, 0.15) is 37.9 Å². The van der Waals surface area contributed by atoms with Gasteiger partial charge in [-0.2, -0.15) is 0 Å². The van der Waals surface area contributed by atoms with E-state index in [0.29, 0.717) is 12.6 Å². The highest BCUT2D eigenvalue weighted by atomic mass is 19.1. The van der Waals surface area contributed by atoms with E-state index in [9.17, 15) is 9.50 Å². The molecule has 0 spiro atoms. The fourth-order valence-electron chi connectivity index (χ4n) is 2.44. The second-order valence-electron chi connectivity index (χ2n) is 4.91. The molecule has 0 unspecified atom stereocenters. The van der Waals surface area contributed by atoms with Gasteiger partial charge >= 0.3 is 0 Å². The highest BCUT2D eigenvalue weighted by Gasteiger charge is 2.21. The van der Waals surface area contributed by atoms with Gasteiger partial charge in [0.2, 0.25) is 0 Å². The van der Waals surface area contributed by atoms with Crippen molar-refractivity contribution in [2.75, 3.05) is 13.1 Å². The standard InChI is InChI=1S/C14H20FNO/c1-11-4-2-3-9-16(11)10-14(17)12-5-7-13(15)8-6-12/h5-8,11,14,17H,2-4,9-10H2,1H3/t11-,14+/m0/s1. The van der Waals surface area contributed by atoms with Gasteiger partial charge in [0, 0.05) is 12.6 Å². The number of nitrogens with zero attached hydrogens (tertiary/aromatic N) is 1.